The Bertz CT molecular complexity index is 520. The summed E-state index contributed by atoms with van der Waals surface area (Å²) in [6, 6.07) is 9.06. The molecule has 0 unspecified atom stereocenters. The molecule has 2 amide bonds. The van der Waals surface area contributed by atoms with Crippen molar-refractivity contribution in [2.24, 2.45) is 0 Å². The number of unbranched alkanes of at least 4 members (excludes halogenated alkanes) is 6. The zero-order valence-electron chi connectivity index (χ0n) is 16.3. The highest BCUT2D eigenvalue weighted by Gasteiger charge is 2.28. The van der Waals surface area contributed by atoms with Crippen LogP contribution in [-0.2, 0) is 4.79 Å². The van der Waals surface area contributed by atoms with Gasteiger partial charge >= 0.3 is 0 Å². The first-order valence-corrected chi connectivity index (χ1v) is 9.55. The lowest BCUT2D eigenvalue weighted by atomic mass is 10.1. The molecule has 0 aliphatic heterocycles. The Labute approximate surface area is 153 Å². The van der Waals surface area contributed by atoms with Crippen LogP contribution in [0.15, 0.2) is 30.3 Å². The highest BCUT2D eigenvalue weighted by atomic mass is 16.2. The molecule has 0 atom stereocenters. The summed E-state index contributed by atoms with van der Waals surface area (Å²) >= 11 is 0. The fourth-order valence-corrected chi connectivity index (χ4v) is 2.66. The largest absolute Gasteiger partial charge is 0.273 e. The first-order chi connectivity index (χ1) is 11.9. The zero-order valence-corrected chi connectivity index (χ0v) is 16.3. The first kappa shape index (κ1) is 21.2. The molecule has 1 aromatic rings. The highest BCUT2D eigenvalue weighted by Crippen LogP contribution is 2.15. The van der Waals surface area contributed by atoms with Crippen LogP contribution in [-0.4, -0.2) is 22.4 Å². The van der Waals surface area contributed by atoms with Gasteiger partial charge in [-0.15, -0.1) is 0 Å². The Morgan fingerprint density at radius 3 is 2.04 bits per heavy atom. The van der Waals surface area contributed by atoms with Gasteiger partial charge in [0.05, 0.1) is 5.54 Å². The lowest BCUT2D eigenvalue weighted by Gasteiger charge is -2.35. The van der Waals surface area contributed by atoms with Gasteiger partial charge in [0.2, 0.25) is 5.91 Å². The number of rotatable bonds is 9. The molecule has 1 N–H and O–H groups in total. The van der Waals surface area contributed by atoms with Gasteiger partial charge in [0.25, 0.3) is 5.91 Å². The fraction of sp³-hybridized carbons (Fsp3) is 0.619. The number of benzene rings is 1. The summed E-state index contributed by atoms with van der Waals surface area (Å²) in [5.74, 6) is -0.270. The number of hydrazine groups is 1. The Kier molecular flexibility index (Phi) is 9.25. The third-order valence-electron chi connectivity index (χ3n) is 4.14. The van der Waals surface area contributed by atoms with Gasteiger partial charge in [0.15, 0.2) is 0 Å². The number of nitrogens with zero attached hydrogens (tertiary/aromatic N) is 1. The summed E-state index contributed by atoms with van der Waals surface area (Å²) in [6.07, 6.45) is 8.65. The molecular formula is C21H34N2O2. The van der Waals surface area contributed by atoms with E-state index in [2.05, 4.69) is 12.3 Å². The summed E-state index contributed by atoms with van der Waals surface area (Å²) in [4.78, 5) is 25.0. The van der Waals surface area contributed by atoms with Crippen molar-refractivity contribution in [3.05, 3.63) is 35.9 Å². The van der Waals surface area contributed by atoms with Crippen LogP contribution in [0, 0.1) is 0 Å². The summed E-state index contributed by atoms with van der Waals surface area (Å²) < 4.78 is 0. The van der Waals surface area contributed by atoms with E-state index < -0.39 is 5.54 Å². The van der Waals surface area contributed by atoms with E-state index in [-0.39, 0.29) is 11.8 Å². The molecule has 0 spiro atoms. The number of hydrogen-bond acceptors (Lipinski definition) is 2. The molecule has 1 rings (SSSR count). The van der Waals surface area contributed by atoms with Gasteiger partial charge in [-0.25, -0.2) is 5.01 Å². The zero-order chi connectivity index (χ0) is 18.7. The average molecular weight is 347 g/mol. The van der Waals surface area contributed by atoms with E-state index in [1.54, 1.807) is 12.1 Å². The molecule has 0 bridgehead atoms. The third kappa shape index (κ3) is 8.19. The number of carbonyl (C=O) groups is 2. The molecule has 140 valence electrons. The topological polar surface area (TPSA) is 49.4 Å². The molecule has 0 saturated heterocycles. The molecule has 0 radical (unpaired) electrons. The van der Waals surface area contributed by atoms with Crippen molar-refractivity contribution in [1.82, 2.24) is 10.4 Å². The summed E-state index contributed by atoms with van der Waals surface area (Å²) in [5.41, 5.74) is 2.91. The van der Waals surface area contributed by atoms with Gasteiger partial charge in [-0.2, -0.15) is 0 Å². The number of carbonyl (C=O) groups excluding carboxylic acids is 2. The molecule has 0 aliphatic rings. The maximum Gasteiger partial charge on any atom is 0.272 e. The Morgan fingerprint density at radius 2 is 1.48 bits per heavy atom. The maximum atomic E-state index is 12.7. The number of nitrogens with one attached hydrogen (secondary N) is 1. The van der Waals surface area contributed by atoms with Gasteiger partial charge in [-0.1, -0.05) is 63.6 Å². The minimum atomic E-state index is -0.483. The van der Waals surface area contributed by atoms with E-state index in [0.29, 0.717) is 12.0 Å². The van der Waals surface area contributed by atoms with Crippen molar-refractivity contribution < 1.29 is 9.59 Å². The standard InChI is InChI=1S/C21H34N2O2/c1-5-6-7-8-9-10-14-17-19(24)22-23(21(2,3)4)20(25)18-15-12-11-13-16-18/h11-13,15-16H,5-10,14,17H2,1-4H3,(H,22,24). The number of amides is 2. The lowest BCUT2D eigenvalue weighted by Crippen LogP contribution is -2.55. The summed E-state index contributed by atoms with van der Waals surface area (Å²) in [6.45, 7) is 7.97. The lowest BCUT2D eigenvalue weighted by molar-refractivity contribution is -0.127. The normalized spacial score (nSPS) is 11.2. The van der Waals surface area contributed by atoms with Crippen LogP contribution in [0.5, 0.6) is 0 Å². The minimum absolute atomic E-state index is 0.0900. The Hall–Kier alpha value is -1.84. The second kappa shape index (κ2) is 10.9. The van der Waals surface area contributed by atoms with Gasteiger partial charge in [-0.05, 0) is 39.3 Å². The van der Waals surface area contributed by atoms with E-state index >= 15 is 0 Å². The van der Waals surface area contributed by atoms with Crippen LogP contribution in [0.25, 0.3) is 0 Å². The minimum Gasteiger partial charge on any atom is -0.273 e. The van der Waals surface area contributed by atoms with Gasteiger partial charge in [-0.3, -0.25) is 15.0 Å². The average Bonchev–Trinajstić information content (AvgIpc) is 2.58. The predicted molar refractivity (Wildman–Crippen MR) is 103 cm³/mol. The molecule has 4 heteroatoms. The molecular weight excluding hydrogens is 312 g/mol. The molecule has 25 heavy (non-hydrogen) atoms. The second-order valence-electron chi connectivity index (χ2n) is 7.58. The van der Waals surface area contributed by atoms with Crippen LogP contribution in [0.1, 0.15) is 89.4 Å². The monoisotopic (exact) mass is 346 g/mol. The van der Waals surface area contributed by atoms with Gasteiger partial charge < -0.3 is 0 Å². The molecule has 1 aromatic carbocycles. The Morgan fingerprint density at radius 1 is 0.920 bits per heavy atom. The predicted octanol–water partition coefficient (Wildman–Crippen LogP) is 5.10. The smallest absolute Gasteiger partial charge is 0.272 e. The van der Waals surface area contributed by atoms with E-state index in [0.717, 1.165) is 12.8 Å². The maximum absolute atomic E-state index is 12.7. The molecule has 0 saturated carbocycles. The molecule has 0 aliphatic carbocycles. The van der Waals surface area contributed by atoms with Crippen molar-refractivity contribution in [3.8, 4) is 0 Å². The first-order valence-electron chi connectivity index (χ1n) is 9.55. The van der Waals surface area contributed by atoms with Crippen molar-refractivity contribution in [2.75, 3.05) is 0 Å². The summed E-state index contributed by atoms with van der Waals surface area (Å²) in [7, 11) is 0. The van der Waals surface area contributed by atoms with E-state index in [1.165, 1.54) is 37.1 Å². The summed E-state index contributed by atoms with van der Waals surface area (Å²) in [5, 5.41) is 1.45. The van der Waals surface area contributed by atoms with Gasteiger partial charge in [0.1, 0.15) is 0 Å². The molecule has 0 fully saturated rings. The van der Waals surface area contributed by atoms with E-state index in [1.807, 2.05) is 39.0 Å². The van der Waals surface area contributed by atoms with Crippen molar-refractivity contribution in [3.63, 3.8) is 0 Å². The molecule has 4 nitrogen and oxygen atoms in total. The van der Waals surface area contributed by atoms with Crippen LogP contribution in [0.2, 0.25) is 0 Å². The van der Waals surface area contributed by atoms with Crippen molar-refractivity contribution in [1.29, 1.82) is 0 Å². The van der Waals surface area contributed by atoms with Crippen LogP contribution in [0.4, 0.5) is 0 Å². The Balaban J connectivity index is 2.48. The molecule has 0 aromatic heterocycles. The van der Waals surface area contributed by atoms with Crippen molar-refractivity contribution >= 4 is 11.8 Å². The van der Waals surface area contributed by atoms with E-state index in [9.17, 15) is 9.59 Å². The molecule has 0 heterocycles. The fourth-order valence-electron chi connectivity index (χ4n) is 2.66. The quantitative estimate of drug-likeness (QED) is 0.499. The van der Waals surface area contributed by atoms with Crippen LogP contribution in [0.3, 0.4) is 0 Å². The highest BCUT2D eigenvalue weighted by molar-refractivity contribution is 5.95. The van der Waals surface area contributed by atoms with Crippen molar-refractivity contribution in [2.45, 2.75) is 84.6 Å². The SMILES string of the molecule is CCCCCCCCCC(=O)NN(C(=O)c1ccccc1)C(C)(C)C. The van der Waals surface area contributed by atoms with Crippen LogP contribution < -0.4 is 5.43 Å². The number of hydrogen-bond donors (Lipinski definition) is 1. The van der Waals surface area contributed by atoms with Crippen LogP contribution >= 0.6 is 0 Å². The van der Waals surface area contributed by atoms with E-state index in [4.69, 9.17) is 0 Å². The van der Waals surface area contributed by atoms with Gasteiger partial charge in [0, 0.05) is 12.0 Å². The third-order valence-corrected chi connectivity index (χ3v) is 4.14. The second-order valence-corrected chi connectivity index (χ2v) is 7.58.